The quantitative estimate of drug-likeness (QED) is 0.163. The third kappa shape index (κ3) is 5.56. The summed E-state index contributed by atoms with van der Waals surface area (Å²) in [6.07, 6.45) is 0. The molecule has 0 fully saturated rings. The van der Waals surface area contributed by atoms with E-state index in [9.17, 15) is 0 Å². The molecule has 3 heterocycles. The van der Waals surface area contributed by atoms with Crippen LogP contribution in [0.3, 0.4) is 0 Å². The highest BCUT2D eigenvalue weighted by Gasteiger charge is 2.23. The summed E-state index contributed by atoms with van der Waals surface area (Å²) in [5, 5.41) is 11.5. The first-order valence-electron chi connectivity index (χ1n) is 20.8. The van der Waals surface area contributed by atoms with Gasteiger partial charge in [0, 0.05) is 53.2 Å². The van der Waals surface area contributed by atoms with Gasteiger partial charge in [0.2, 0.25) is 0 Å². The Bertz CT molecular complexity index is 3920. The van der Waals surface area contributed by atoms with Crippen LogP contribution in [-0.4, -0.2) is 15.0 Å². The minimum Gasteiger partial charge on any atom is -0.455 e. The minimum atomic E-state index is 0.586. The number of hydrogen-bond acceptors (Lipinski definition) is 5. The number of nitrogens with zero attached hydrogens (tertiary/aromatic N) is 3. The number of benzene rings is 10. The second kappa shape index (κ2) is 13.8. The van der Waals surface area contributed by atoms with Gasteiger partial charge in [-0.2, -0.15) is 0 Å². The molecule has 288 valence electrons. The first-order chi connectivity index (χ1) is 30.7. The van der Waals surface area contributed by atoms with Crippen LogP contribution in [0.15, 0.2) is 205 Å². The van der Waals surface area contributed by atoms with Crippen molar-refractivity contribution in [2.24, 2.45) is 0 Å². The number of thiophene rings is 1. The van der Waals surface area contributed by atoms with E-state index < -0.39 is 0 Å². The molecule has 0 unspecified atom stereocenters. The van der Waals surface area contributed by atoms with Crippen molar-refractivity contribution in [3.05, 3.63) is 200 Å². The lowest BCUT2D eigenvalue weighted by Gasteiger charge is -2.13. The number of rotatable bonds is 5. The Morgan fingerprint density at radius 1 is 0.323 bits per heavy atom. The van der Waals surface area contributed by atoms with Crippen molar-refractivity contribution in [3.8, 4) is 56.4 Å². The molecule has 0 radical (unpaired) electrons. The Kier molecular flexibility index (Phi) is 7.74. The van der Waals surface area contributed by atoms with E-state index in [2.05, 4.69) is 194 Å². The van der Waals surface area contributed by atoms with E-state index in [0.29, 0.717) is 17.5 Å². The second-order valence-electron chi connectivity index (χ2n) is 15.9. The predicted octanol–water partition coefficient (Wildman–Crippen LogP) is 15.9. The standard InChI is InChI=1S/C57H33N3OS/c1-2-12-34(13-3-1)35-22-24-36(25-23-35)55-58-56(40-26-29-52-48(32-40)44-20-10-11-21-51(44)62-52)60-57(59-55)46-28-27-45(47-31-39-16-6-7-17-41(39)42-18-8-9-19-43(42)47)54-53(46)49-30-37-14-4-5-15-38(37)33-50(49)61-54/h1-33H. The van der Waals surface area contributed by atoms with Gasteiger partial charge in [0.25, 0.3) is 0 Å². The highest BCUT2D eigenvalue weighted by atomic mass is 32.1. The first kappa shape index (κ1) is 34.8. The largest absolute Gasteiger partial charge is 0.455 e. The third-order valence-electron chi connectivity index (χ3n) is 12.3. The van der Waals surface area contributed by atoms with Crippen molar-refractivity contribution in [3.63, 3.8) is 0 Å². The van der Waals surface area contributed by atoms with Gasteiger partial charge in [-0.1, -0.05) is 146 Å². The summed E-state index contributed by atoms with van der Waals surface area (Å²) < 4.78 is 9.56. The number of fused-ring (bicyclic) bond motifs is 10. The zero-order valence-corrected chi connectivity index (χ0v) is 34.0. The highest BCUT2D eigenvalue weighted by Crippen LogP contribution is 2.45. The van der Waals surface area contributed by atoms with Gasteiger partial charge in [-0.25, -0.2) is 15.0 Å². The molecule has 0 atom stereocenters. The Hall–Kier alpha value is -7.99. The Labute approximate surface area is 360 Å². The molecule has 0 spiro atoms. The fraction of sp³-hybridized carbons (Fsp3) is 0. The smallest absolute Gasteiger partial charge is 0.164 e. The Balaban J connectivity index is 1.08. The number of aromatic nitrogens is 3. The fourth-order valence-corrected chi connectivity index (χ4v) is 10.4. The summed E-state index contributed by atoms with van der Waals surface area (Å²) in [6.45, 7) is 0. The fourth-order valence-electron chi connectivity index (χ4n) is 9.30. The Morgan fingerprint density at radius 3 is 1.73 bits per heavy atom. The summed E-state index contributed by atoms with van der Waals surface area (Å²) in [5.41, 5.74) is 8.78. The van der Waals surface area contributed by atoms with Gasteiger partial charge in [-0.3, -0.25) is 0 Å². The van der Waals surface area contributed by atoms with Gasteiger partial charge in [0.15, 0.2) is 17.5 Å². The lowest BCUT2D eigenvalue weighted by atomic mass is 9.91. The summed E-state index contributed by atoms with van der Waals surface area (Å²) in [7, 11) is 0. The third-order valence-corrected chi connectivity index (χ3v) is 13.5. The zero-order valence-electron chi connectivity index (χ0n) is 33.2. The molecule has 3 aromatic heterocycles. The summed E-state index contributed by atoms with van der Waals surface area (Å²) in [5.74, 6) is 1.81. The SMILES string of the molecule is c1ccc(-c2ccc(-c3nc(-c4ccc5sc6ccccc6c5c4)nc(-c4ccc(-c5cc6ccccc6c6ccccc56)c5oc6cc7ccccc7cc6c45)n3)cc2)cc1. The van der Waals surface area contributed by atoms with Gasteiger partial charge < -0.3 is 4.42 Å². The summed E-state index contributed by atoms with van der Waals surface area (Å²) in [6, 6.07) is 71.0. The molecular formula is C57H33N3OS. The molecule has 0 bridgehead atoms. The van der Waals surface area contributed by atoms with Crippen LogP contribution in [-0.2, 0) is 0 Å². The maximum Gasteiger partial charge on any atom is 0.164 e. The molecule has 10 aromatic carbocycles. The van der Waals surface area contributed by atoms with E-state index in [1.165, 1.54) is 41.7 Å². The molecular weight excluding hydrogens is 775 g/mol. The molecule has 5 heteroatoms. The molecule has 0 aliphatic rings. The van der Waals surface area contributed by atoms with Crippen LogP contribution in [0.25, 0.3) is 131 Å². The van der Waals surface area contributed by atoms with E-state index in [-0.39, 0.29) is 0 Å². The minimum absolute atomic E-state index is 0.586. The molecule has 0 aliphatic carbocycles. The van der Waals surface area contributed by atoms with E-state index >= 15 is 0 Å². The molecule has 0 saturated carbocycles. The first-order valence-corrected chi connectivity index (χ1v) is 21.6. The molecule has 0 amide bonds. The maximum atomic E-state index is 7.06. The van der Waals surface area contributed by atoms with Crippen LogP contribution in [0.4, 0.5) is 0 Å². The van der Waals surface area contributed by atoms with Crippen LogP contribution in [0.1, 0.15) is 0 Å². The normalized spacial score (nSPS) is 11.9. The molecule has 4 nitrogen and oxygen atoms in total. The summed E-state index contributed by atoms with van der Waals surface area (Å²) in [4.78, 5) is 15.9. The molecule has 0 aliphatic heterocycles. The molecule has 0 saturated heterocycles. The van der Waals surface area contributed by atoms with Crippen LogP contribution >= 0.6 is 11.3 Å². The molecule has 13 rings (SSSR count). The zero-order chi connectivity index (χ0) is 40.7. The van der Waals surface area contributed by atoms with Crippen LogP contribution in [0.5, 0.6) is 0 Å². The van der Waals surface area contributed by atoms with Crippen molar-refractivity contribution in [1.82, 2.24) is 15.0 Å². The number of hydrogen-bond donors (Lipinski definition) is 0. The van der Waals surface area contributed by atoms with Gasteiger partial charge in [0.05, 0.1) is 0 Å². The van der Waals surface area contributed by atoms with Gasteiger partial charge in [-0.05, 0) is 104 Å². The average Bonchev–Trinajstić information content (AvgIpc) is 3.91. The lowest BCUT2D eigenvalue weighted by molar-refractivity contribution is 0.670. The second-order valence-corrected chi connectivity index (χ2v) is 17.0. The maximum absolute atomic E-state index is 7.06. The Morgan fingerprint density at radius 2 is 0.903 bits per heavy atom. The van der Waals surface area contributed by atoms with Crippen LogP contribution < -0.4 is 0 Å². The molecule has 62 heavy (non-hydrogen) atoms. The van der Waals surface area contributed by atoms with E-state index in [1.54, 1.807) is 11.3 Å². The van der Waals surface area contributed by atoms with E-state index in [4.69, 9.17) is 19.4 Å². The lowest BCUT2D eigenvalue weighted by Crippen LogP contribution is -2.00. The van der Waals surface area contributed by atoms with Crippen molar-refractivity contribution < 1.29 is 4.42 Å². The van der Waals surface area contributed by atoms with Crippen LogP contribution in [0.2, 0.25) is 0 Å². The number of furan rings is 1. The topological polar surface area (TPSA) is 51.8 Å². The predicted molar refractivity (Wildman–Crippen MR) is 260 cm³/mol. The highest BCUT2D eigenvalue weighted by molar-refractivity contribution is 7.25. The molecule has 13 aromatic rings. The van der Waals surface area contributed by atoms with Crippen molar-refractivity contribution >= 4 is 85.8 Å². The van der Waals surface area contributed by atoms with Gasteiger partial charge >= 0.3 is 0 Å². The van der Waals surface area contributed by atoms with Crippen LogP contribution in [0, 0.1) is 0 Å². The monoisotopic (exact) mass is 807 g/mol. The van der Waals surface area contributed by atoms with Crippen molar-refractivity contribution in [2.45, 2.75) is 0 Å². The van der Waals surface area contributed by atoms with Gasteiger partial charge in [0.1, 0.15) is 11.2 Å². The summed E-state index contributed by atoms with van der Waals surface area (Å²) >= 11 is 1.81. The van der Waals surface area contributed by atoms with Crippen molar-refractivity contribution in [1.29, 1.82) is 0 Å². The average molecular weight is 808 g/mol. The van der Waals surface area contributed by atoms with E-state index in [1.807, 2.05) is 6.07 Å². The van der Waals surface area contributed by atoms with Gasteiger partial charge in [-0.15, -0.1) is 11.3 Å². The molecule has 0 N–H and O–H groups in total. The van der Waals surface area contributed by atoms with Crippen molar-refractivity contribution in [2.75, 3.05) is 0 Å². The van der Waals surface area contributed by atoms with E-state index in [0.717, 1.165) is 71.7 Å².